The lowest BCUT2D eigenvalue weighted by Gasteiger charge is -2.19. The molecule has 122 valence electrons. The van der Waals surface area contributed by atoms with E-state index in [1.807, 2.05) is 6.08 Å². The van der Waals surface area contributed by atoms with Crippen LogP contribution >= 0.6 is 0 Å². The second-order valence-electron chi connectivity index (χ2n) is 6.43. The lowest BCUT2D eigenvalue weighted by molar-refractivity contribution is -0.137. The van der Waals surface area contributed by atoms with Gasteiger partial charge in [0.15, 0.2) is 0 Å². The Hall–Kier alpha value is -0.790. The zero-order valence-electron chi connectivity index (χ0n) is 13.9. The molecule has 0 heterocycles. The standard InChI is InChI=1S/C19H34O2/c1-2-3-4-5-6-7-11-17-21-19(20)16-12-15-18-13-9-8-10-14-18/h12,16,18H,2-11,13-15,17H2,1H3. The van der Waals surface area contributed by atoms with Crippen LogP contribution in [0.2, 0.25) is 0 Å². The molecule has 1 rings (SSSR count). The van der Waals surface area contributed by atoms with Crippen LogP contribution in [0.3, 0.4) is 0 Å². The van der Waals surface area contributed by atoms with E-state index in [-0.39, 0.29) is 5.97 Å². The maximum Gasteiger partial charge on any atom is 0.330 e. The largest absolute Gasteiger partial charge is 0.463 e. The molecule has 21 heavy (non-hydrogen) atoms. The quantitative estimate of drug-likeness (QED) is 0.273. The number of esters is 1. The summed E-state index contributed by atoms with van der Waals surface area (Å²) >= 11 is 0. The highest BCUT2D eigenvalue weighted by molar-refractivity contribution is 5.81. The van der Waals surface area contributed by atoms with Crippen molar-refractivity contribution in [2.24, 2.45) is 5.92 Å². The topological polar surface area (TPSA) is 26.3 Å². The van der Waals surface area contributed by atoms with E-state index < -0.39 is 0 Å². The normalized spacial score (nSPS) is 16.4. The molecule has 0 amide bonds. The molecule has 0 spiro atoms. The Morgan fingerprint density at radius 2 is 1.67 bits per heavy atom. The third-order valence-electron chi connectivity index (χ3n) is 4.44. The second kappa shape index (κ2) is 12.9. The summed E-state index contributed by atoms with van der Waals surface area (Å²) in [6.45, 7) is 2.82. The molecule has 1 fully saturated rings. The molecular weight excluding hydrogens is 260 g/mol. The van der Waals surface area contributed by atoms with Crippen LogP contribution < -0.4 is 0 Å². The molecule has 0 aliphatic heterocycles. The van der Waals surface area contributed by atoms with Gasteiger partial charge in [0.1, 0.15) is 0 Å². The van der Waals surface area contributed by atoms with Gasteiger partial charge in [-0.2, -0.15) is 0 Å². The van der Waals surface area contributed by atoms with Crippen molar-refractivity contribution in [1.82, 2.24) is 0 Å². The average Bonchev–Trinajstić information content (AvgIpc) is 2.51. The van der Waals surface area contributed by atoms with E-state index in [0.717, 1.165) is 18.8 Å². The minimum Gasteiger partial charge on any atom is -0.463 e. The second-order valence-corrected chi connectivity index (χ2v) is 6.43. The fourth-order valence-corrected chi connectivity index (χ4v) is 3.06. The van der Waals surface area contributed by atoms with E-state index in [2.05, 4.69) is 6.92 Å². The molecule has 0 unspecified atom stereocenters. The number of ether oxygens (including phenoxy) is 1. The number of carbonyl (C=O) groups is 1. The molecule has 0 aromatic rings. The summed E-state index contributed by atoms with van der Waals surface area (Å²) < 4.78 is 5.23. The third-order valence-corrected chi connectivity index (χ3v) is 4.44. The molecule has 0 bridgehead atoms. The van der Waals surface area contributed by atoms with Crippen LogP contribution in [0.25, 0.3) is 0 Å². The van der Waals surface area contributed by atoms with Gasteiger partial charge in [-0.05, 0) is 18.8 Å². The van der Waals surface area contributed by atoms with Gasteiger partial charge in [0.2, 0.25) is 0 Å². The molecule has 0 radical (unpaired) electrons. The number of rotatable bonds is 11. The van der Waals surface area contributed by atoms with Crippen molar-refractivity contribution in [2.45, 2.75) is 90.4 Å². The molecule has 1 aliphatic carbocycles. The third kappa shape index (κ3) is 10.6. The van der Waals surface area contributed by atoms with Crippen LogP contribution in [-0.2, 0) is 9.53 Å². The van der Waals surface area contributed by atoms with Crippen molar-refractivity contribution >= 4 is 5.97 Å². The Kier molecular flexibility index (Phi) is 11.2. The Morgan fingerprint density at radius 3 is 2.38 bits per heavy atom. The molecule has 0 atom stereocenters. The monoisotopic (exact) mass is 294 g/mol. The lowest BCUT2D eigenvalue weighted by atomic mass is 9.87. The SMILES string of the molecule is CCCCCCCCCOC(=O)C=CCC1CCCCC1. The minimum absolute atomic E-state index is 0.156. The first-order valence-corrected chi connectivity index (χ1v) is 9.16. The summed E-state index contributed by atoms with van der Waals surface area (Å²) in [5.41, 5.74) is 0. The molecule has 0 aromatic heterocycles. The van der Waals surface area contributed by atoms with Gasteiger partial charge in [0.25, 0.3) is 0 Å². The summed E-state index contributed by atoms with van der Waals surface area (Å²) in [4.78, 5) is 11.5. The lowest BCUT2D eigenvalue weighted by Crippen LogP contribution is -2.06. The number of unbranched alkanes of at least 4 members (excludes halogenated alkanes) is 6. The maximum absolute atomic E-state index is 11.5. The minimum atomic E-state index is -0.156. The van der Waals surface area contributed by atoms with Gasteiger partial charge >= 0.3 is 5.97 Å². The molecule has 0 N–H and O–H groups in total. The highest BCUT2D eigenvalue weighted by Crippen LogP contribution is 2.26. The Morgan fingerprint density at radius 1 is 1.00 bits per heavy atom. The summed E-state index contributed by atoms with van der Waals surface area (Å²) in [6, 6.07) is 0. The summed E-state index contributed by atoms with van der Waals surface area (Å²) in [5.74, 6) is 0.641. The molecule has 1 aliphatic rings. The summed E-state index contributed by atoms with van der Waals surface area (Å²) in [7, 11) is 0. The van der Waals surface area contributed by atoms with Crippen molar-refractivity contribution in [1.29, 1.82) is 0 Å². The predicted octanol–water partition coefficient (Wildman–Crippen LogP) is 5.81. The molecular formula is C19H34O2. The summed E-state index contributed by atoms with van der Waals surface area (Å²) in [6.07, 6.45) is 20.3. The highest BCUT2D eigenvalue weighted by atomic mass is 16.5. The number of hydrogen-bond donors (Lipinski definition) is 0. The smallest absolute Gasteiger partial charge is 0.330 e. The Labute approximate surface area is 131 Å². The first-order chi connectivity index (χ1) is 10.3. The predicted molar refractivity (Wildman–Crippen MR) is 89.3 cm³/mol. The van der Waals surface area contributed by atoms with Crippen LogP contribution in [0.15, 0.2) is 12.2 Å². The van der Waals surface area contributed by atoms with Gasteiger partial charge in [0.05, 0.1) is 6.61 Å². The van der Waals surface area contributed by atoms with Gasteiger partial charge in [-0.25, -0.2) is 4.79 Å². The van der Waals surface area contributed by atoms with Gasteiger partial charge in [-0.15, -0.1) is 0 Å². The Bertz CT molecular complexity index is 277. The van der Waals surface area contributed by atoms with Gasteiger partial charge < -0.3 is 4.74 Å². The van der Waals surface area contributed by atoms with Gasteiger partial charge in [-0.3, -0.25) is 0 Å². The van der Waals surface area contributed by atoms with Crippen LogP contribution in [0.4, 0.5) is 0 Å². The van der Waals surface area contributed by atoms with Crippen LogP contribution in [0.1, 0.15) is 90.4 Å². The van der Waals surface area contributed by atoms with Gasteiger partial charge in [0, 0.05) is 6.08 Å². The van der Waals surface area contributed by atoms with E-state index in [1.54, 1.807) is 6.08 Å². The number of carbonyl (C=O) groups excluding carboxylic acids is 1. The van der Waals surface area contributed by atoms with E-state index in [1.165, 1.54) is 70.6 Å². The van der Waals surface area contributed by atoms with Gasteiger partial charge in [-0.1, -0.05) is 83.6 Å². The van der Waals surface area contributed by atoms with E-state index in [4.69, 9.17) is 4.74 Å². The molecule has 1 saturated carbocycles. The zero-order valence-corrected chi connectivity index (χ0v) is 13.9. The van der Waals surface area contributed by atoms with E-state index in [0.29, 0.717) is 6.61 Å². The molecule has 2 heteroatoms. The van der Waals surface area contributed by atoms with Crippen LogP contribution in [-0.4, -0.2) is 12.6 Å². The number of hydrogen-bond acceptors (Lipinski definition) is 2. The fourth-order valence-electron chi connectivity index (χ4n) is 3.06. The van der Waals surface area contributed by atoms with Crippen molar-refractivity contribution in [3.05, 3.63) is 12.2 Å². The Balaban J connectivity index is 1.91. The molecule has 0 aromatic carbocycles. The van der Waals surface area contributed by atoms with Crippen molar-refractivity contribution in [2.75, 3.05) is 6.61 Å². The molecule has 2 nitrogen and oxygen atoms in total. The maximum atomic E-state index is 11.5. The average molecular weight is 294 g/mol. The number of allylic oxidation sites excluding steroid dienone is 1. The molecule has 0 saturated heterocycles. The van der Waals surface area contributed by atoms with Crippen LogP contribution in [0, 0.1) is 5.92 Å². The highest BCUT2D eigenvalue weighted by Gasteiger charge is 2.11. The fraction of sp³-hybridized carbons (Fsp3) is 0.842. The van der Waals surface area contributed by atoms with Crippen LogP contribution in [0.5, 0.6) is 0 Å². The first kappa shape index (κ1) is 18.3. The van der Waals surface area contributed by atoms with E-state index >= 15 is 0 Å². The van der Waals surface area contributed by atoms with E-state index in [9.17, 15) is 4.79 Å². The van der Waals surface area contributed by atoms with Crippen molar-refractivity contribution in [3.63, 3.8) is 0 Å². The zero-order chi connectivity index (χ0) is 15.2. The van der Waals surface area contributed by atoms with Crippen molar-refractivity contribution < 1.29 is 9.53 Å². The summed E-state index contributed by atoms with van der Waals surface area (Å²) in [5, 5.41) is 0. The first-order valence-electron chi connectivity index (χ1n) is 9.16. The van der Waals surface area contributed by atoms with Crippen molar-refractivity contribution in [3.8, 4) is 0 Å².